The smallest absolute Gasteiger partial charge is 0.325 e. The number of ether oxygens (including phenoxy) is 1. The SMILES string of the molecule is O=C(O)C(c1ccc(OCC2CC2)cc1)N1CCC(c2ccncc2)CC1. The lowest BCUT2D eigenvalue weighted by molar-refractivity contribution is -0.144. The molecule has 2 aromatic rings. The van der Waals surface area contributed by atoms with Gasteiger partial charge in [0.05, 0.1) is 6.61 Å². The number of hydrogen-bond acceptors (Lipinski definition) is 4. The van der Waals surface area contributed by atoms with Crippen molar-refractivity contribution in [2.45, 2.75) is 37.6 Å². The molecule has 1 unspecified atom stereocenters. The maximum absolute atomic E-state index is 12.0. The molecule has 4 rings (SSSR count). The molecule has 0 amide bonds. The topological polar surface area (TPSA) is 62.7 Å². The van der Waals surface area contributed by atoms with Gasteiger partial charge in [0.25, 0.3) is 0 Å². The lowest BCUT2D eigenvalue weighted by Gasteiger charge is -2.36. The molecule has 1 saturated heterocycles. The largest absolute Gasteiger partial charge is 0.493 e. The molecule has 1 aliphatic carbocycles. The number of nitrogens with zero attached hydrogens (tertiary/aromatic N) is 2. The molecule has 1 saturated carbocycles. The molecule has 1 aromatic carbocycles. The van der Waals surface area contributed by atoms with Crippen LogP contribution in [0.5, 0.6) is 5.75 Å². The van der Waals surface area contributed by atoms with Crippen molar-refractivity contribution < 1.29 is 14.6 Å². The summed E-state index contributed by atoms with van der Waals surface area (Å²) in [4.78, 5) is 18.1. The Morgan fingerprint density at radius 1 is 1.07 bits per heavy atom. The molecule has 1 aliphatic heterocycles. The Balaban J connectivity index is 1.39. The minimum Gasteiger partial charge on any atom is -0.493 e. The van der Waals surface area contributed by atoms with Crippen molar-refractivity contribution in [3.8, 4) is 5.75 Å². The Morgan fingerprint density at radius 2 is 1.74 bits per heavy atom. The van der Waals surface area contributed by atoms with Crippen LogP contribution < -0.4 is 4.74 Å². The minimum absolute atomic E-state index is 0.483. The average Bonchev–Trinajstić information content (AvgIpc) is 3.53. The van der Waals surface area contributed by atoms with E-state index in [0.717, 1.165) is 43.9 Å². The van der Waals surface area contributed by atoms with Crippen LogP contribution in [0.4, 0.5) is 0 Å². The van der Waals surface area contributed by atoms with E-state index in [4.69, 9.17) is 4.74 Å². The van der Waals surface area contributed by atoms with Crippen LogP contribution >= 0.6 is 0 Å². The van der Waals surface area contributed by atoms with E-state index in [-0.39, 0.29) is 0 Å². The fourth-order valence-corrected chi connectivity index (χ4v) is 3.88. The summed E-state index contributed by atoms with van der Waals surface area (Å²) in [7, 11) is 0. The Morgan fingerprint density at radius 3 is 2.33 bits per heavy atom. The molecule has 2 aliphatic rings. The second-order valence-electron chi connectivity index (χ2n) is 7.65. The molecular weight excluding hydrogens is 340 g/mol. The van der Waals surface area contributed by atoms with Crippen LogP contribution in [0.3, 0.4) is 0 Å². The van der Waals surface area contributed by atoms with Crippen molar-refractivity contribution >= 4 is 5.97 Å². The van der Waals surface area contributed by atoms with Crippen LogP contribution in [0, 0.1) is 5.92 Å². The van der Waals surface area contributed by atoms with Gasteiger partial charge in [0.15, 0.2) is 0 Å². The third kappa shape index (κ3) is 4.48. The van der Waals surface area contributed by atoms with E-state index in [1.165, 1.54) is 18.4 Å². The van der Waals surface area contributed by atoms with E-state index in [9.17, 15) is 9.90 Å². The summed E-state index contributed by atoms with van der Waals surface area (Å²) in [6.07, 6.45) is 8.11. The maximum atomic E-state index is 12.0. The molecule has 2 fully saturated rings. The summed E-state index contributed by atoms with van der Waals surface area (Å²) >= 11 is 0. The normalized spacial score (nSPS) is 19.6. The van der Waals surface area contributed by atoms with Crippen LogP contribution in [0.25, 0.3) is 0 Å². The lowest BCUT2D eigenvalue weighted by atomic mass is 9.89. The number of rotatable bonds is 7. The van der Waals surface area contributed by atoms with Gasteiger partial charge >= 0.3 is 5.97 Å². The highest BCUT2D eigenvalue weighted by Crippen LogP contribution is 2.33. The van der Waals surface area contributed by atoms with E-state index < -0.39 is 12.0 Å². The summed E-state index contributed by atoms with van der Waals surface area (Å²) in [5.74, 6) is 1.23. The molecule has 27 heavy (non-hydrogen) atoms. The first-order chi connectivity index (χ1) is 13.2. The van der Waals surface area contributed by atoms with Gasteiger partial charge in [-0.15, -0.1) is 0 Å². The zero-order chi connectivity index (χ0) is 18.6. The van der Waals surface area contributed by atoms with E-state index in [2.05, 4.69) is 22.0 Å². The van der Waals surface area contributed by atoms with Crippen molar-refractivity contribution in [2.24, 2.45) is 5.92 Å². The van der Waals surface area contributed by atoms with E-state index in [1.54, 1.807) is 0 Å². The van der Waals surface area contributed by atoms with Gasteiger partial charge in [-0.05, 0) is 86.0 Å². The molecule has 1 aromatic heterocycles. The first kappa shape index (κ1) is 18.0. The van der Waals surface area contributed by atoms with E-state index in [0.29, 0.717) is 11.8 Å². The molecular formula is C22H26N2O3. The summed E-state index contributed by atoms with van der Waals surface area (Å²) in [6, 6.07) is 11.1. The second-order valence-corrected chi connectivity index (χ2v) is 7.65. The number of piperidine rings is 1. The van der Waals surface area contributed by atoms with Crippen molar-refractivity contribution in [1.29, 1.82) is 0 Å². The molecule has 142 valence electrons. The molecule has 2 heterocycles. The average molecular weight is 366 g/mol. The molecule has 0 radical (unpaired) electrons. The predicted molar refractivity (Wildman–Crippen MR) is 103 cm³/mol. The van der Waals surface area contributed by atoms with Crippen molar-refractivity contribution in [3.63, 3.8) is 0 Å². The highest BCUT2D eigenvalue weighted by molar-refractivity contribution is 5.75. The van der Waals surface area contributed by atoms with Crippen LogP contribution in [0.15, 0.2) is 48.8 Å². The van der Waals surface area contributed by atoms with Crippen LogP contribution in [-0.2, 0) is 4.79 Å². The van der Waals surface area contributed by atoms with Crippen molar-refractivity contribution in [1.82, 2.24) is 9.88 Å². The molecule has 0 bridgehead atoms. The van der Waals surface area contributed by atoms with Gasteiger partial charge in [-0.3, -0.25) is 14.7 Å². The fourth-order valence-electron chi connectivity index (χ4n) is 3.88. The minimum atomic E-state index is -0.788. The molecule has 5 heteroatoms. The van der Waals surface area contributed by atoms with Gasteiger partial charge in [-0.25, -0.2) is 0 Å². The van der Waals surface area contributed by atoms with Crippen LogP contribution in [0.2, 0.25) is 0 Å². The second kappa shape index (κ2) is 8.09. The Hall–Kier alpha value is -2.40. The molecule has 5 nitrogen and oxygen atoms in total. The number of carbonyl (C=O) groups is 1. The van der Waals surface area contributed by atoms with Gasteiger partial charge in [-0.2, -0.15) is 0 Å². The number of carboxylic acid groups (broad SMARTS) is 1. The summed E-state index contributed by atoms with van der Waals surface area (Å²) < 4.78 is 5.77. The standard InChI is InChI=1S/C22H26N2O3/c25-22(26)21(19-3-5-20(6-4-19)27-15-16-1-2-16)24-13-9-18(10-14-24)17-7-11-23-12-8-17/h3-8,11-12,16,18,21H,1-2,9-10,13-15H2,(H,25,26). The Labute approximate surface area is 160 Å². The van der Waals surface area contributed by atoms with Crippen LogP contribution in [0.1, 0.15) is 48.8 Å². The lowest BCUT2D eigenvalue weighted by Crippen LogP contribution is -2.39. The molecule has 1 atom stereocenters. The van der Waals surface area contributed by atoms with Gasteiger partial charge in [0.1, 0.15) is 11.8 Å². The highest BCUT2D eigenvalue weighted by atomic mass is 16.5. The fraction of sp³-hybridized carbons (Fsp3) is 0.455. The first-order valence-electron chi connectivity index (χ1n) is 9.80. The number of carboxylic acids is 1. The predicted octanol–water partition coefficient (Wildman–Crippen LogP) is 3.88. The number of aliphatic carboxylic acids is 1. The van der Waals surface area contributed by atoms with Crippen LogP contribution in [-0.4, -0.2) is 40.7 Å². The monoisotopic (exact) mass is 366 g/mol. The zero-order valence-electron chi connectivity index (χ0n) is 15.5. The number of benzene rings is 1. The Kier molecular flexibility index (Phi) is 5.39. The number of hydrogen-bond donors (Lipinski definition) is 1. The van der Waals surface area contributed by atoms with Gasteiger partial charge in [0.2, 0.25) is 0 Å². The third-order valence-electron chi connectivity index (χ3n) is 5.68. The number of pyridine rings is 1. The highest BCUT2D eigenvalue weighted by Gasteiger charge is 2.31. The van der Waals surface area contributed by atoms with Crippen molar-refractivity contribution in [2.75, 3.05) is 19.7 Å². The van der Waals surface area contributed by atoms with Gasteiger partial charge in [-0.1, -0.05) is 12.1 Å². The quantitative estimate of drug-likeness (QED) is 0.806. The zero-order valence-corrected chi connectivity index (χ0v) is 15.5. The van der Waals surface area contributed by atoms with Gasteiger partial charge < -0.3 is 9.84 Å². The van der Waals surface area contributed by atoms with Crippen molar-refractivity contribution in [3.05, 3.63) is 59.9 Å². The Bertz CT molecular complexity index is 751. The van der Waals surface area contributed by atoms with Gasteiger partial charge in [0, 0.05) is 12.4 Å². The number of aromatic nitrogens is 1. The van der Waals surface area contributed by atoms with E-state index >= 15 is 0 Å². The third-order valence-corrected chi connectivity index (χ3v) is 5.68. The summed E-state index contributed by atoms with van der Waals surface area (Å²) in [5.41, 5.74) is 2.12. The van der Waals surface area contributed by atoms with E-state index in [1.807, 2.05) is 36.7 Å². The molecule has 0 spiro atoms. The number of likely N-dealkylation sites (tertiary alicyclic amines) is 1. The molecule has 1 N–H and O–H groups in total. The summed E-state index contributed by atoms with van der Waals surface area (Å²) in [5, 5.41) is 9.83. The maximum Gasteiger partial charge on any atom is 0.325 e. The summed E-state index contributed by atoms with van der Waals surface area (Å²) in [6.45, 7) is 2.33. The first-order valence-corrected chi connectivity index (χ1v) is 9.80.